The zero-order valence-corrected chi connectivity index (χ0v) is 16.4. The fraction of sp³-hybridized carbons (Fsp3) is 0.450. The highest BCUT2D eigenvalue weighted by atomic mass is 32.2. The second kappa shape index (κ2) is 5.31. The third-order valence-corrected chi connectivity index (χ3v) is 8.43. The molecule has 0 radical (unpaired) electrons. The van der Waals surface area contributed by atoms with Gasteiger partial charge < -0.3 is 4.74 Å². The molecule has 1 aliphatic heterocycles. The number of fused-ring (bicyclic) bond motifs is 2. The SMILES string of the molecule is COC(=O)[C@@]12C(C)=CC(C)=C[C@@]1(C)Cc1cc(C)cc(C)c1S2(=O)=O. The van der Waals surface area contributed by atoms with Gasteiger partial charge in [0.05, 0.1) is 12.0 Å². The van der Waals surface area contributed by atoms with Crippen molar-refractivity contribution < 1.29 is 17.9 Å². The number of esters is 1. The van der Waals surface area contributed by atoms with Gasteiger partial charge in [0.15, 0.2) is 9.84 Å². The maximum Gasteiger partial charge on any atom is 0.332 e. The number of ether oxygens (including phenoxy) is 1. The largest absolute Gasteiger partial charge is 0.468 e. The lowest BCUT2D eigenvalue weighted by molar-refractivity contribution is -0.145. The minimum Gasteiger partial charge on any atom is -0.468 e. The van der Waals surface area contributed by atoms with Crippen molar-refractivity contribution in [1.29, 1.82) is 0 Å². The Balaban J connectivity index is 2.51. The van der Waals surface area contributed by atoms with E-state index in [0.717, 1.165) is 16.7 Å². The van der Waals surface area contributed by atoms with Crippen LogP contribution in [0.2, 0.25) is 0 Å². The average molecular weight is 360 g/mol. The molecule has 134 valence electrons. The minimum absolute atomic E-state index is 0.279. The van der Waals surface area contributed by atoms with Gasteiger partial charge in [-0.05, 0) is 50.8 Å². The van der Waals surface area contributed by atoms with E-state index in [9.17, 15) is 13.2 Å². The molecule has 0 spiro atoms. The number of carbonyl (C=O) groups excluding carboxylic acids is 1. The molecule has 0 bridgehead atoms. The van der Waals surface area contributed by atoms with Gasteiger partial charge in [-0.3, -0.25) is 0 Å². The number of allylic oxidation sites excluding steroid dienone is 3. The molecule has 0 aromatic heterocycles. The molecule has 0 amide bonds. The second-order valence-corrected chi connectivity index (χ2v) is 9.58. The Morgan fingerprint density at radius 2 is 1.80 bits per heavy atom. The number of hydrogen-bond acceptors (Lipinski definition) is 4. The summed E-state index contributed by atoms with van der Waals surface area (Å²) in [4.78, 5) is 13.3. The number of methoxy groups -OCH3 is 1. The first kappa shape index (κ1) is 17.9. The van der Waals surface area contributed by atoms with Gasteiger partial charge in [0.1, 0.15) is 0 Å². The Kier molecular flexibility index (Phi) is 3.81. The number of carbonyl (C=O) groups is 1. The zero-order chi connectivity index (χ0) is 18.8. The van der Waals surface area contributed by atoms with Crippen LogP contribution in [-0.2, 0) is 25.8 Å². The number of sulfone groups is 1. The Hall–Kier alpha value is -1.88. The Morgan fingerprint density at radius 3 is 2.40 bits per heavy atom. The van der Waals surface area contributed by atoms with E-state index in [4.69, 9.17) is 4.74 Å². The molecule has 25 heavy (non-hydrogen) atoms. The van der Waals surface area contributed by atoms with Crippen molar-refractivity contribution in [2.24, 2.45) is 5.41 Å². The summed E-state index contributed by atoms with van der Waals surface area (Å²) in [6.45, 7) is 9.25. The van der Waals surface area contributed by atoms with Crippen molar-refractivity contribution >= 4 is 15.8 Å². The lowest BCUT2D eigenvalue weighted by atomic mass is 9.65. The quantitative estimate of drug-likeness (QED) is 0.720. The van der Waals surface area contributed by atoms with Gasteiger partial charge in [-0.25, -0.2) is 13.2 Å². The molecule has 1 aromatic rings. The lowest BCUT2D eigenvalue weighted by Crippen LogP contribution is -2.63. The maximum absolute atomic E-state index is 13.8. The van der Waals surface area contributed by atoms with Gasteiger partial charge in [0, 0.05) is 5.41 Å². The summed E-state index contributed by atoms with van der Waals surface area (Å²) in [7, 11) is -2.73. The van der Waals surface area contributed by atoms with Crippen LogP contribution in [0.1, 0.15) is 37.5 Å². The highest BCUT2D eigenvalue weighted by Crippen LogP contribution is 2.57. The molecular weight excluding hydrogens is 336 g/mol. The van der Waals surface area contributed by atoms with Gasteiger partial charge in [0.25, 0.3) is 0 Å². The number of aryl methyl sites for hydroxylation is 2. The molecule has 3 rings (SSSR count). The van der Waals surface area contributed by atoms with Crippen molar-refractivity contribution in [2.45, 2.75) is 50.7 Å². The molecule has 4 nitrogen and oxygen atoms in total. The molecule has 0 N–H and O–H groups in total. The third kappa shape index (κ3) is 2.05. The van der Waals surface area contributed by atoms with Crippen molar-refractivity contribution in [3.8, 4) is 0 Å². The number of benzene rings is 1. The standard InChI is InChI=1S/C20H24O4S/c1-12-7-14(3)17-16(9-12)11-19(5)10-13(2)8-15(4)20(19,18(21)24-6)25(17,22)23/h7-10H,11H2,1-6H3/t19-,20-/m0/s1. The van der Waals surface area contributed by atoms with Gasteiger partial charge in [-0.1, -0.05) is 42.3 Å². The molecule has 0 fully saturated rings. The van der Waals surface area contributed by atoms with Crippen LogP contribution in [0.3, 0.4) is 0 Å². The molecule has 5 heteroatoms. The lowest BCUT2D eigenvalue weighted by Gasteiger charge is -2.50. The highest BCUT2D eigenvalue weighted by Gasteiger charge is 2.68. The van der Waals surface area contributed by atoms with Crippen LogP contribution in [0.15, 0.2) is 40.3 Å². The second-order valence-electron chi connectivity index (χ2n) is 7.56. The van der Waals surface area contributed by atoms with E-state index in [-0.39, 0.29) is 4.90 Å². The topological polar surface area (TPSA) is 60.4 Å². The molecule has 0 saturated heterocycles. The van der Waals surface area contributed by atoms with Crippen molar-refractivity contribution in [3.05, 3.63) is 52.1 Å². The smallest absolute Gasteiger partial charge is 0.332 e. The Labute approximate surface area is 149 Å². The summed E-state index contributed by atoms with van der Waals surface area (Å²) in [5.74, 6) is -0.710. The maximum atomic E-state index is 13.8. The molecule has 0 saturated carbocycles. The monoisotopic (exact) mass is 360 g/mol. The summed E-state index contributed by atoms with van der Waals surface area (Å²) in [6.07, 6.45) is 4.17. The van der Waals surface area contributed by atoms with Crippen LogP contribution in [0.4, 0.5) is 0 Å². The summed E-state index contributed by atoms with van der Waals surface area (Å²) >= 11 is 0. The van der Waals surface area contributed by atoms with Crippen molar-refractivity contribution in [1.82, 2.24) is 0 Å². The van der Waals surface area contributed by atoms with E-state index in [2.05, 4.69) is 0 Å². The molecular formula is C20H24O4S. The van der Waals surface area contributed by atoms with Crippen LogP contribution < -0.4 is 0 Å². The molecule has 1 heterocycles. The van der Waals surface area contributed by atoms with Gasteiger partial charge >= 0.3 is 5.97 Å². The van der Waals surface area contributed by atoms with Crippen molar-refractivity contribution in [3.63, 3.8) is 0 Å². The Bertz CT molecular complexity index is 952. The summed E-state index contributed by atoms with van der Waals surface area (Å²) in [5.41, 5.74) is 3.06. The number of rotatable bonds is 1. The highest BCUT2D eigenvalue weighted by molar-refractivity contribution is 7.94. The predicted molar refractivity (Wildman–Crippen MR) is 97.2 cm³/mol. The summed E-state index contributed by atoms with van der Waals surface area (Å²) in [5, 5.41) is 0. The van der Waals surface area contributed by atoms with Crippen LogP contribution in [0.25, 0.3) is 0 Å². The first-order valence-corrected chi connectivity index (χ1v) is 9.81. The predicted octanol–water partition coefficient (Wildman–Crippen LogP) is 3.46. The molecule has 1 aliphatic carbocycles. The minimum atomic E-state index is -3.98. The van der Waals surface area contributed by atoms with E-state index in [1.807, 2.05) is 39.0 Å². The first-order valence-electron chi connectivity index (χ1n) is 8.32. The van der Waals surface area contributed by atoms with Gasteiger partial charge in [-0.2, -0.15) is 0 Å². The Morgan fingerprint density at radius 1 is 1.16 bits per heavy atom. The van der Waals surface area contributed by atoms with Gasteiger partial charge in [-0.15, -0.1) is 0 Å². The third-order valence-electron chi connectivity index (χ3n) is 5.55. The summed E-state index contributed by atoms with van der Waals surface area (Å²) < 4.78 is 31.0. The first-order chi connectivity index (χ1) is 11.5. The van der Waals surface area contributed by atoms with E-state index in [0.29, 0.717) is 17.6 Å². The van der Waals surface area contributed by atoms with E-state index < -0.39 is 26.0 Å². The molecule has 1 aromatic carbocycles. The van der Waals surface area contributed by atoms with Crippen LogP contribution in [0, 0.1) is 19.3 Å². The summed E-state index contributed by atoms with van der Waals surface area (Å²) in [6, 6.07) is 3.77. The zero-order valence-electron chi connectivity index (χ0n) is 15.6. The fourth-order valence-corrected chi connectivity index (χ4v) is 7.78. The normalized spacial score (nSPS) is 29.8. The molecule has 2 atom stereocenters. The molecule has 0 unspecified atom stereocenters. The number of hydrogen-bond donors (Lipinski definition) is 0. The van der Waals surface area contributed by atoms with Crippen LogP contribution in [0.5, 0.6) is 0 Å². The van der Waals surface area contributed by atoms with E-state index >= 15 is 0 Å². The van der Waals surface area contributed by atoms with Gasteiger partial charge in [0.2, 0.25) is 4.75 Å². The fourth-order valence-electron chi connectivity index (χ4n) is 4.99. The average Bonchev–Trinajstić information content (AvgIpc) is 2.43. The van der Waals surface area contributed by atoms with E-state index in [1.165, 1.54) is 7.11 Å². The molecule has 2 aliphatic rings. The van der Waals surface area contributed by atoms with Crippen LogP contribution >= 0.6 is 0 Å². The van der Waals surface area contributed by atoms with Crippen molar-refractivity contribution in [2.75, 3.05) is 7.11 Å². The van der Waals surface area contributed by atoms with E-state index in [1.54, 1.807) is 19.9 Å². The van der Waals surface area contributed by atoms with Crippen LogP contribution in [-0.4, -0.2) is 26.2 Å².